The van der Waals surface area contributed by atoms with Gasteiger partial charge in [-0.25, -0.2) is 0 Å². The molecule has 2 aliphatic rings. The number of hydrogen-bond donors (Lipinski definition) is 1. The monoisotopic (exact) mass is 251 g/mol. The van der Waals surface area contributed by atoms with Crippen molar-refractivity contribution in [1.82, 2.24) is 0 Å². The first kappa shape index (κ1) is 14.0. The van der Waals surface area contributed by atoms with Crippen molar-refractivity contribution < 1.29 is 28.4 Å². The summed E-state index contributed by atoms with van der Waals surface area (Å²) in [5, 5.41) is 11.2. The molecule has 0 aromatic rings. The van der Waals surface area contributed by atoms with Crippen LogP contribution in [0.1, 0.15) is 25.7 Å². The molecule has 0 radical (unpaired) electrons. The van der Waals surface area contributed by atoms with Gasteiger partial charge in [-0.05, 0) is 18.3 Å². The molecule has 0 bridgehead atoms. The third-order valence-corrected chi connectivity index (χ3v) is 3.20. The highest BCUT2D eigenvalue weighted by Crippen LogP contribution is 2.38. The number of hydrogen-bond acceptors (Lipinski definition) is 2. The Morgan fingerprint density at radius 3 is 2.12 bits per heavy atom. The number of carbonyl (C=O) groups excluding carboxylic acids is 1. The molecule has 0 saturated carbocycles. The van der Waals surface area contributed by atoms with E-state index in [4.69, 9.17) is 9.90 Å². The molecule has 1 fully saturated rings. The number of carboxylic acids is 1. The van der Waals surface area contributed by atoms with Gasteiger partial charge in [-0.2, -0.15) is 13.2 Å². The smallest absolute Gasteiger partial charge is 0.430 e. The lowest BCUT2D eigenvalue weighted by atomic mass is 9.79. The quantitative estimate of drug-likeness (QED) is 0.615. The van der Waals surface area contributed by atoms with Gasteiger partial charge in [0.25, 0.3) is 0 Å². The predicted molar refractivity (Wildman–Crippen MR) is 52.8 cm³/mol. The molecule has 98 valence electrons. The molecular weight excluding hydrogens is 235 g/mol. The summed E-state index contributed by atoms with van der Waals surface area (Å²) < 4.78 is 31.5. The van der Waals surface area contributed by atoms with E-state index in [0.29, 0.717) is 5.41 Å². The molecule has 1 saturated heterocycles. The number of rotatable bonds is 0. The molecule has 0 aromatic heterocycles. The second-order valence-corrected chi connectivity index (χ2v) is 4.45. The fraction of sp³-hybridized carbons (Fsp3) is 0.727. The van der Waals surface area contributed by atoms with Crippen molar-refractivity contribution >= 4 is 5.97 Å². The molecule has 1 heterocycles. The highest BCUT2D eigenvalue weighted by atomic mass is 19.4. The Kier molecular flexibility index (Phi) is 4.56. The van der Waals surface area contributed by atoms with Crippen LogP contribution >= 0.6 is 0 Å². The van der Waals surface area contributed by atoms with Crippen LogP contribution in [0.2, 0.25) is 0 Å². The van der Waals surface area contributed by atoms with Gasteiger partial charge in [-0.1, -0.05) is 12.2 Å². The zero-order chi connectivity index (χ0) is 12.9. The summed E-state index contributed by atoms with van der Waals surface area (Å²) in [7, 11) is 0. The molecule has 17 heavy (non-hydrogen) atoms. The van der Waals surface area contributed by atoms with Crippen molar-refractivity contribution in [3.05, 3.63) is 12.2 Å². The fourth-order valence-corrected chi connectivity index (χ4v) is 2.25. The van der Waals surface area contributed by atoms with E-state index in [2.05, 4.69) is 17.5 Å². The first-order chi connectivity index (χ1) is 7.86. The molecule has 1 aliphatic heterocycles. The topological polar surface area (TPSA) is 56.7 Å². The lowest BCUT2D eigenvalue weighted by molar-refractivity contribution is -0.666. The molecule has 0 amide bonds. The van der Waals surface area contributed by atoms with Crippen LogP contribution in [-0.4, -0.2) is 25.2 Å². The number of nitrogens with two attached hydrogens (primary N) is 1. The maximum atomic E-state index is 10.5. The van der Waals surface area contributed by atoms with Gasteiger partial charge >= 0.3 is 6.18 Å². The van der Waals surface area contributed by atoms with Crippen LogP contribution in [0.15, 0.2) is 12.2 Å². The third-order valence-electron chi connectivity index (χ3n) is 3.20. The van der Waals surface area contributed by atoms with Crippen molar-refractivity contribution in [2.75, 3.05) is 13.1 Å². The van der Waals surface area contributed by atoms with Gasteiger partial charge in [0.05, 0.1) is 13.1 Å². The molecule has 1 aliphatic carbocycles. The number of aliphatic carboxylic acids is 1. The van der Waals surface area contributed by atoms with Gasteiger partial charge in [-0.15, -0.1) is 0 Å². The minimum atomic E-state index is -5.19. The van der Waals surface area contributed by atoms with Gasteiger partial charge in [0.2, 0.25) is 0 Å². The maximum absolute atomic E-state index is 10.5. The Bertz CT molecular complexity index is 294. The van der Waals surface area contributed by atoms with Crippen LogP contribution in [0, 0.1) is 5.41 Å². The third kappa shape index (κ3) is 4.38. The first-order valence-electron chi connectivity index (χ1n) is 5.63. The number of alkyl halides is 3. The van der Waals surface area contributed by atoms with Gasteiger partial charge in [0, 0.05) is 12.8 Å². The molecule has 3 nitrogen and oxygen atoms in total. The van der Waals surface area contributed by atoms with Gasteiger partial charge in [0.1, 0.15) is 5.97 Å². The minimum Gasteiger partial charge on any atom is -0.542 e. The van der Waals surface area contributed by atoms with Gasteiger partial charge < -0.3 is 15.2 Å². The highest BCUT2D eigenvalue weighted by Gasteiger charge is 2.32. The van der Waals surface area contributed by atoms with Crippen LogP contribution < -0.4 is 10.4 Å². The highest BCUT2D eigenvalue weighted by molar-refractivity contribution is 5.70. The van der Waals surface area contributed by atoms with E-state index < -0.39 is 12.1 Å². The normalized spacial score (nSPS) is 22.1. The summed E-state index contributed by atoms with van der Waals surface area (Å²) in [6.45, 7) is 2.70. The summed E-state index contributed by atoms with van der Waals surface area (Å²) in [4.78, 5) is 8.78. The van der Waals surface area contributed by atoms with Crippen LogP contribution in [0.25, 0.3) is 0 Å². The van der Waals surface area contributed by atoms with Crippen molar-refractivity contribution in [2.45, 2.75) is 31.9 Å². The van der Waals surface area contributed by atoms with E-state index in [1.807, 2.05) is 0 Å². The molecule has 0 aromatic carbocycles. The predicted octanol–water partition coefficient (Wildman–Crippen LogP) is -0.0214. The second-order valence-electron chi connectivity index (χ2n) is 4.45. The van der Waals surface area contributed by atoms with E-state index in [1.54, 1.807) is 0 Å². The number of piperidine rings is 1. The molecule has 0 unspecified atom stereocenters. The fourth-order valence-electron chi connectivity index (χ4n) is 2.25. The van der Waals surface area contributed by atoms with E-state index >= 15 is 0 Å². The first-order valence-corrected chi connectivity index (χ1v) is 5.63. The number of halogens is 3. The molecule has 0 atom stereocenters. The molecule has 6 heteroatoms. The summed E-state index contributed by atoms with van der Waals surface area (Å²) in [6.07, 6.45) is 5.25. The zero-order valence-corrected chi connectivity index (χ0v) is 9.43. The van der Waals surface area contributed by atoms with Gasteiger partial charge in [-0.3, -0.25) is 0 Å². The lowest BCUT2D eigenvalue weighted by Crippen LogP contribution is -2.87. The summed E-state index contributed by atoms with van der Waals surface area (Å²) in [5.41, 5.74) is 0.661. The van der Waals surface area contributed by atoms with Crippen LogP contribution in [-0.2, 0) is 4.79 Å². The summed E-state index contributed by atoms with van der Waals surface area (Å²) in [5.74, 6) is -3.01. The van der Waals surface area contributed by atoms with Crippen molar-refractivity contribution in [2.24, 2.45) is 5.41 Å². The van der Waals surface area contributed by atoms with E-state index in [1.165, 1.54) is 38.8 Å². The lowest BCUT2D eigenvalue weighted by Gasteiger charge is -2.29. The largest absolute Gasteiger partial charge is 0.542 e. The summed E-state index contributed by atoms with van der Waals surface area (Å²) in [6, 6.07) is 0. The van der Waals surface area contributed by atoms with E-state index in [0.717, 1.165) is 0 Å². The Labute approximate surface area is 97.7 Å². The average molecular weight is 251 g/mol. The number of carboxylic acid groups (broad SMARTS) is 1. The average Bonchev–Trinajstić information content (AvgIpc) is 2.67. The molecule has 2 rings (SSSR count). The minimum absolute atomic E-state index is 0.661. The second kappa shape index (κ2) is 5.53. The SMILES string of the molecule is C1=CC2(CC1)CC[NH2+]CC2.O=C([O-])C(F)(F)F. The Morgan fingerprint density at radius 1 is 1.24 bits per heavy atom. The van der Waals surface area contributed by atoms with Crippen LogP contribution in [0.4, 0.5) is 13.2 Å². The van der Waals surface area contributed by atoms with Crippen LogP contribution in [0.5, 0.6) is 0 Å². The maximum Gasteiger partial charge on any atom is 0.430 e. The molecule has 1 spiro atoms. The van der Waals surface area contributed by atoms with Crippen molar-refractivity contribution in [3.63, 3.8) is 0 Å². The number of carbonyl (C=O) groups is 1. The van der Waals surface area contributed by atoms with E-state index in [-0.39, 0.29) is 0 Å². The van der Waals surface area contributed by atoms with E-state index in [9.17, 15) is 13.2 Å². The standard InChI is InChI=1S/C9H15N.C2HF3O2/c1-2-4-9(3-1)5-7-10-8-6-9;3-2(4,5)1(6)7/h1,3,10H,2,4-8H2;(H,6,7). The Hall–Kier alpha value is -1.04. The number of allylic oxidation sites excluding steroid dienone is 2. The van der Waals surface area contributed by atoms with Gasteiger partial charge in [0.15, 0.2) is 0 Å². The summed E-state index contributed by atoms with van der Waals surface area (Å²) >= 11 is 0. The van der Waals surface area contributed by atoms with Crippen LogP contribution in [0.3, 0.4) is 0 Å². The Balaban J connectivity index is 0.000000185. The zero-order valence-electron chi connectivity index (χ0n) is 9.43. The van der Waals surface area contributed by atoms with Crippen molar-refractivity contribution in [3.8, 4) is 0 Å². The number of quaternary nitrogens is 1. The van der Waals surface area contributed by atoms with Crippen molar-refractivity contribution in [1.29, 1.82) is 0 Å². The molecular formula is C11H16F3NO2. The Morgan fingerprint density at radius 2 is 1.76 bits per heavy atom. The molecule has 2 N–H and O–H groups in total.